The van der Waals surface area contributed by atoms with Crippen LogP contribution in [0.15, 0.2) is 84.3 Å². The Labute approximate surface area is 203 Å². The number of carbonyl (C=O) groups is 1. The molecule has 1 N–H and O–H groups in total. The van der Waals surface area contributed by atoms with E-state index in [1.165, 1.54) is 39.6 Å². The Morgan fingerprint density at radius 3 is 2.29 bits per heavy atom. The van der Waals surface area contributed by atoms with Crippen LogP contribution in [0, 0.1) is 12.8 Å². The fourth-order valence-electron chi connectivity index (χ4n) is 5.59. The second-order valence-corrected chi connectivity index (χ2v) is 10.1. The lowest BCUT2D eigenvalue weighted by Gasteiger charge is -2.45. The lowest BCUT2D eigenvalue weighted by molar-refractivity contribution is -0.118. The maximum atomic E-state index is 12.8. The van der Waals surface area contributed by atoms with Gasteiger partial charge < -0.3 is 5.32 Å². The molecule has 0 spiro atoms. The van der Waals surface area contributed by atoms with Crippen LogP contribution in [0.2, 0.25) is 0 Å². The average Bonchev–Trinajstić information content (AvgIpc) is 3.35. The van der Waals surface area contributed by atoms with Crippen LogP contribution in [0.1, 0.15) is 46.1 Å². The van der Waals surface area contributed by atoms with E-state index < -0.39 is 0 Å². The molecule has 2 bridgehead atoms. The second-order valence-electron chi connectivity index (χ2n) is 9.20. The van der Waals surface area contributed by atoms with Crippen LogP contribution >= 0.6 is 11.8 Å². The molecule has 3 aliphatic carbocycles. The van der Waals surface area contributed by atoms with Crippen molar-refractivity contribution in [2.75, 3.05) is 12.3 Å². The Kier molecular flexibility index (Phi) is 5.46. The van der Waals surface area contributed by atoms with Crippen molar-refractivity contribution in [3.05, 3.63) is 107 Å². The SMILES string of the molecule is Cc1ccc(-n2cnnc2SCC(=O)NCC2CC3c4ccccc4C2c2ccccc23)cc1. The van der Waals surface area contributed by atoms with E-state index in [1.54, 1.807) is 6.33 Å². The van der Waals surface area contributed by atoms with Crippen LogP contribution in [0.3, 0.4) is 0 Å². The van der Waals surface area contributed by atoms with Gasteiger partial charge in [0.25, 0.3) is 0 Å². The summed E-state index contributed by atoms with van der Waals surface area (Å²) >= 11 is 1.42. The van der Waals surface area contributed by atoms with Gasteiger partial charge >= 0.3 is 0 Å². The van der Waals surface area contributed by atoms with Gasteiger partial charge in [0.2, 0.25) is 5.91 Å². The van der Waals surface area contributed by atoms with E-state index in [9.17, 15) is 4.79 Å². The maximum Gasteiger partial charge on any atom is 0.230 e. The largest absolute Gasteiger partial charge is 0.355 e. The highest BCUT2D eigenvalue weighted by Crippen LogP contribution is 2.55. The van der Waals surface area contributed by atoms with E-state index in [4.69, 9.17) is 0 Å². The molecule has 3 aliphatic rings. The van der Waals surface area contributed by atoms with Crippen LogP contribution in [-0.2, 0) is 4.79 Å². The van der Waals surface area contributed by atoms with Gasteiger partial charge in [-0.05, 0) is 53.6 Å². The molecule has 0 radical (unpaired) electrons. The molecule has 0 saturated heterocycles. The van der Waals surface area contributed by atoms with Crippen LogP contribution in [-0.4, -0.2) is 33.0 Å². The smallest absolute Gasteiger partial charge is 0.230 e. The summed E-state index contributed by atoms with van der Waals surface area (Å²) < 4.78 is 1.92. The first-order valence-electron chi connectivity index (χ1n) is 11.7. The van der Waals surface area contributed by atoms with Crippen molar-refractivity contribution in [3.63, 3.8) is 0 Å². The molecule has 170 valence electrons. The van der Waals surface area contributed by atoms with E-state index >= 15 is 0 Å². The Hall–Kier alpha value is -3.38. The topological polar surface area (TPSA) is 59.8 Å². The minimum Gasteiger partial charge on any atom is -0.355 e. The fraction of sp³-hybridized carbons (Fsp3) is 0.250. The fourth-order valence-corrected chi connectivity index (χ4v) is 6.35. The molecule has 1 aromatic heterocycles. The molecule has 1 atom stereocenters. The van der Waals surface area contributed by atoms with E-state index in [0.717, 1.165) is 17.3 Å². The highest BCUT2D eigenvalue weighted by Gasteiger charge is 2.42. The predicted molar refractivity (Wildman–Crippen MR) is 135 cm³/mol. The molecule has 1 unspecified atom stereocenters. The van der Waals surface area contributed by atoms with E-state index in [-0.39, 0.29) is 5.91 Å². The average molecular weight is 467 g/mol. The van der Waals surface area contributed by atoms with Crippen molar-refractivity contribution >= 4 is 17.7 Å². The van der Waals surface area contributed by atoms with Gasteiger partial charge in [-0.1, -0.05) is 78.0 Å². The van der Waals surface area contributed by atoms with Crippen molar-refractivity contribution in [3.8, 4) is 5.69 Å². The number of fused-ring (bicyclic) bond motifs is 1. The third-order valence-corrected chi connectivity index (χ3v) is 8.09. The zero-order chi connectivity index (χ0) is 23.1. The molecular weight excluding hydrogens is 440 g/mol. The first-order valence-corrected chi connectivity index (χ1v) is 12.7. The number of hydrogen-bond acceptors (Lipinski definition) is 4. The minimum absolute atomic E-state index is 0.0338. The zero-order valence-electron chi connectivity index (χ0n) is 19.0. The number of thioether (sulfide) groups is 1. The first kappa shape index (κ1) is 21.2. The Balaban J connectivity index is 1.13. The summed E-state index contributed by atoms with van der Waals surface area (Å²) in [7, 11) is 0. The molecule has 5 nitrogen and oxygen atoms in total. The van der Waals surface area contributed by atoms with Gasteiger partial charge in [-0.15, -0.1) is 10.2 Å². The summed E-state index contributed by atoms with van der Waals surface area (Å²) in [5, 5.41) is 12.2. The van der Waals surface area contributed by atoms with Crippen molar-refractivity contribution in [1.29, 1.82) is 0 Å². The zero-order valence-corrected chi connectivity index (χ0v) is 19.8. The molecule has 4 aromatic rings. The summed E-state index contributed by atoms with van der Waals surface area (Å²) in [4.78, 5) is 12.8. The van der Waals surface area contributed by atoms with Gasteiger partial charge in [-0.25, -0.2) is 0 Å². The minimum atomic E-state index is 0.0338. The number of benzene rings is 3. The van der Waals surface area contributed by atoms with Gasteiger partial charge in [-0.2, -0.15) is 0 Å². The highest BCUT2D eigenvalue weighted by atomic mass is 32.2. The van der Waals surface area contributed by atoms with Crippen molar-refractivity contribution in [2.24, 2.45) is 5.92 Å². The van der Waals surface area contributed by atoms with Crippen LogP contribution in [0.25, 0.3) is 5.69 Å². The standard InChI is InChI=1S/C28H26N4OS/c1-18-10-12-20(13-11-18)32-17-30-31-28(32)34-16-26(33)29-15-19-14-25-21-6-2-4-8-23(21)27(19)24-9-5-3-7-22(24)25/h2-13,17,19,25,27H,14-16H2,1H3,(H,29,33). The van der Waals surface area contributed by atoms with Gasteiger partial charge in [0.1, 0.15) is 6.33 Å². The summed E-state index contributed by atoms with van der Waals surface area (Å²) in [5.74, 6) is 1.52. The summed E-state index contributed by atoms with van der Waals surface area (Å²) in [6, 6.07) is 25.9. The molecule has 0 aliphatic heterocycles. The van der Waals surface area contributed by atoms with Crippen LogP contribution in [0.4, 0.5) is 0 Å². The number of rotatable bonds is 6. The summed E-state index contributed by atoms with van der Waals surface area (Å²) in [6.45, 7) is 2.75. The van der Waals surface area contributed by atoms with Gasteiger partial charge in [0.15, 0.2) is 5.16 Å². The van der Waals surface area contributed by atoms with Crippen molar-refractivity contribution < 1.29 is 4.79 Å². The van der Waals surface area contributed by atoms with Crippen molar-refractivity contribution in [2.45, 2.75) is 30.3 Å². The molecule has 1 heterocycles. The summed E-state index contributed by atoms with van der Waals surface area (Å²) in [5.41, 5.74) is 7.97. The number of carbonyl (C=O) groups excluding carboxylic acids is 1. The second kappa shape index (κ2) is 8.76. The lowest BCUT2D eigenvalue weighted by atomic mass is 9.59. The molecular formula is C28H26N4OS. The number of aromatic nitrogens is 3. The van der Waals surface area contributed by atoms with E-state index in [0.29, 0.717) is 30.1 Å². The number of hydrogen-bond donors (Lipinski definition) is 1. The number of nitrogens with one attached hydrogen (secondary N) is 1. The maximum absolute atomic E-state index is 12.8. The molecule has 3 aromatic carbocycles. The molecule has 7 rings (SSSR count). The van der Waals surface area contributed by atoms with Crippen molar-refractivity contribution in [1.82, 2.24) is 20.1 Å². The quantitative estimate of drug-likeness (QED) is 0.403. The van der Waals surface area contributed by atoms with Gasteiger partial charge in [0.05, 0.1) is 5.75 Å². The number of amides is 1. The third-order valence-electron chi connectivity index (χ3n) is 7.15. The monoisotopic (exact) mass is 466 g/mol. The molecule has 34 heavy (non-hydrogen) atoms. The Morgan fingerprint density at radius 1 is 0.971 bits per heavy atom. The molecule has 1 amide bonds. The molecule has 0 saturated carbocycles. The molecule has 0 fully saturated rings. The summed E-state index contributed by atoms with van der Waals surface area (Å²) in [6.07, 6.45) is 2.77. The van der Waals surface area contributed by atoms with Crippen LogP contribution in [0.5, 0.6) is 0 Å². The predicted octanol–water partition coefficient (Wildman–Crippen LogP) is 5.08. The number of aryl methyl sites for hydroxylation is 1. The highest BCUT2D eigenvalue weighted by molar-refractivity contribution is 7.99. The van der Waals surface area contributed by atoms with Gasteiger partial charge in [-0.3, -0.25) is 9.36 Å². The molecule has 6 heteroatoms. The lowest BCUT2D eigenvalue weighted by Crippen LogP contribution is -2.39. The normalized spacial score (nSPS) is 20.0. The van der Waals surface area contributed by atoms with E-state index in [2.05, 4.69) is 83.1 Å². The van der Waals surface area contributed by atoms with Gasteiger partial charge in [0, 0.05) is 24.1 Å². The van der Waals surface area contributed by atoms with E-state index in [1.807, 2.05) is 16.7 Å². The third kappa shape index (κ3) is 3.72. The Bertz CT molecular complexity index is 1300. The first-order chi connectivity index (χ1) is 16.7. The Morgan fingerprint density at radius 2 is 1.62 bits per heavy atom. The van der Waals surface area contributed by atoms with Crippen LogP contribution < -0.4 is 5.32 Å². The number of nitrogens with zero attached hydrogens (tertiary/aromatic N) is 3.